The van der Waals surface area contributed by atoms with Crippen molar-refractivity contribution in [3.05, 3.63) is 59.2 Å². The van der Waals surface area contributed by atoms with Gasteiger partial charge in [0.15, 0.2) is 0 Å². The van der Waals surface area contributed by atoms with E-state index in [2.05, 4.69) is 5.32 Å². The largest absolute Gasteiger partial charge is 0.478 e. The Morgan fingerprint density at radius 1 is 1.10 bits per heavy atom. The molecule has 0 saturated heterocycles. The van der Waals surface area contributed by atoms with E-state index >= 15 is 0 Å². The van der Waals surface area contributed by atoms with Gasteiger partial charge in [-0.3, -0.25) is 4.79 Å². The van der Waals surface area contributed by atoms with Gasteiger partial charge in [-0.25, -0.2) is 4.79 Å². The molecule has 0 bridgehead atoms. The molecule has 2 N–H and O–H groups in total. The molecule has 0 fully saturated rings. The molecule has 2 aromatic rings. The first-order valence-corrected chi connectivity index (χ1v) is 7.53. The van der Waals surface area contributed by atoms with E-state index in [4.69, 9.17) is 5.11 Å². The number of hydrogen-bond donors (Lipinski definition) is 2. The van der Waals surface area contributed by atoms with Gasteiger partial charge in [0.2, 0.25) is 0 Å². The van der Waals surface area contributed by atoms with Gasteiger partial charge in [-0.2, -0.15) is 0 Å². The van der Waals surface area contributed by atoms with Crippen molar-refractivity contribution in [1.29, 1.82) is 0 Å². The van der Waals surface area contributed by atoms with E-state index < -0.39 is 5.97 Å². The zero-order valence-electron chi connectivity index (χ0n) is 11.7. The number of nitrogens with one attached hydrogen (secondary N) is 1. The summed E-state index contributed by atoms with van der Waals surface area (Å²) in [4.78, 5) is 24.3. The lowest BCUT2D eigenvalue weighted by molar-refractivity contribution is 0.0695. The van der Waals surface area contributed by atoms with E-state index in [1.807, 2.05) is 18.4 Å². The van der Waals surface area contributed by atoms with Crippen LogP contribution in [0.25, 0.3) is 0 Å². The Kier molecular flexibility index (Phi) is 4.65. The summed E-state index contributed by atoms with van der Waals surface area (Å²) in [6, 6.07) is 12.1. The molecule has 0 unspecified atom stereocenters. The van der Waals surface area contributed by atoms with Crippen LogP contribution in [-0.4, -0.2) is 23.2 Å². The van der Waals surface area contributed by atoms with Gasteiger partial charge in [0.25, 0.3) is 5.91 Å². The second kappa shape index (κ2) is 6.45. The monoisotopic (exact) mass is 301 g/mol. The Labute approximate surface area is 127 Å². The number of carbonyl (C=O) groups is 2. The average Bonchev–Trinajstić information content (AvgIpc) is 2.49. The molecule has 0 aromatic heterocycles. The van der Waals surface area contributed by atoms with Crippen LogP contribution in [0.4, 0.5) is 5.69 Å². The van der Waals surface area contributed by atoms with Crippen molar-refractivity contribution in [3.8, 4) is 0 Å². The van der Waals surface area contributed by atoms with Gasteiger partial charge in [-0.05, 0) is 55.1 Å². The summed E-state index contributed by atoms with van der Waals surface area (Å²) in [6.07, 6.45) is 1.97. The Hall–Kier alpha value is -2.27. The molecular weight excluding hydrogens is 286 g/mol. The van der Waals surface area contributed by atoms with E-state index in [-0.39, 0.29) is 11.5 Å². The number of aryl methyl sites for hydroxylation is 1. The minimum atomic E-state index is -1.01. The number of carboxylic acid groups (broad SMARTS) is 1. The van der Waals surface area contributed by atoms with E-state index in [1.165, 1.54) is 6.07 Å². The highest BCUT2D eigenvalue weighted by Crippen LogP contribution is 2.18. The highest BCUT2D eigenvalue weighted by atomic mass is 32.2. The molecule has 0 aliphatic rings. The highest BCUT2D eigenvalue weighted by Gasteiger charge is 2.10. The Morgan fingerprint density at radius 2 is 1.76 bits per heavy atom. The number of thioether (sulfide) groups is 1. The first-order valence-electron chi connectivity index (χ1n) is 6.30. The Balaban J connectivity index is 2.19. The number of anilines is 1. The van der Waals surface area contributed by atoms with E-state index in [0.29, 0.717) is 16.8 Å². The van der Waals surface area contributed by atoms with E-state index in [1.54, 1.807) is 43.0 Å². The van der Waals surface area contributed by atoms with Crippen LogP contribution in [0.3, 0.4) is 0 Å². The van der Waals surface area contributed by atoms with Crippen LogP contribution in [0.15, 0.2) is 47.4 Å². The molecule has 0 saturated carbocycles. The second-order valence-corrected chi connectivity index (χ2v) is 5.40. The molecule has 0 aliphatic carbocycles. The molecule has 0 radical (unpaired) electrons. The number of carbonyl (C=O) groups excluding carboxylic acids is 1. The SMILES string of the molecule is CSc1ccc(C(=O)Nc2ccc(C)c(C(=O)O)c2)cc1. The van der Waals surface area contributed by atoms with Crippen LogP contribution >= 0.6 is 11.8 Å². The molecule has 0 spiro atoms. The van der Waals surface area contributed by atoms with Gasteiger partial charge in [0, 0.05) is 16.1 Å². The lowest BCUT2D eigenvalue weighted by atomic mass is 10.1. The summed E-state index contributed by atoms with van der Waals surface area (Å²) in [5.74, 6) is -1.27. The van der Waals surface area contributed by atoms with Crippen LogP contribution in [0.1, 0.15) is 26.3 Å². The van der Waals surface area contributed by atoms with E-state index in [0.717, 1.165) is 4.90 Å². The zero-order valence-corrected chi connectivity index (χ0v) is 12.5. The van der Waals surface area contributed by atoms with Gasteiger partial charge in [0.05, 0.1) is 5.56 Å². The molecule has 0 atom stereocenters. The smallest absolute Gasteiger partial charge is 0.336 e. The fourth-order valence-electron chi connectivity index (χ4n) is 1.88. The highest BCUT2D eigenvalue weighted by molar-refractivity contribution is 7.98. The topological polar surface area (TPSA) is 66.4 Å². The maximum Gasteiger partial charge on any atom is 0.336 e. The summed E-state index contributed by atoms with van der Waals surface area (Å²) in [5.41, 5.74) is 1.84. The van der Waals surface area contributed by atoms with Gasteiger partial charge >= 0.3 is 5.97 Å². The van der Waals surface area contributed by atoms with Crippen molar-refractivity contribution in [3.63, 3.8) is 0 Å². The third-order valence-electron chi connectivity index (χ3n) is 3.08. The molecule has 4 nitrogen and oxygen atoms in total. The molecule has 1 amide bonds. The molecular formula is C16H15NO3S. The first kappa shape index (κ1) is 15.1. The summed E-state index contributed by atoms with van der Waals surface area (Å²) in [6.45, 7) is 1.72. The quantitative estimate of drug-likeness (QED) is 0.846. The molecule has 0 heterocycles. The molecule has 2 rings (SSSR count). The standard InChI is InChI=1S/C16H15NO3S/c1-10-3-6-12(9-14(10)16(19)20)17-15(18)11-4-7-13(21-2)8-5-11/h3-9H,1-2H3,(H,17,18)(H,19,20). The van der Waals surface area contributed by atoms with Crippen molar-refractivity contribution in [2.24, 2.45) is 0 Å². The zero-order chi connectivity index (χ0) is 15.4. The number of carboxylic acids is 1. The first-order chi connectivity index (χ1) is 10.0. The lowest BCUT2D eigenvalue weighted by Crippen LogP contribution is -2.12. The van der Waals surface area contributed by atoms with Gasteiger partial charge < -0.3 is 10.4 Å². The van der Waals surface area contributed by atoms with Crippen molar-refractivity contribution in [1.82, 2.24) is 0 Å². The van der Waals surface area contributed by atoms with Crippen molar-refractivity contribution in [2.75, 3.05) is 11.6 Å². The molecule has 2 aromatic carbocycles. The third kappa shape index (κ3) is 3.64. The average molecular weight is 301 g/mol. The van der Waals surface area contributed by atoms with Crippen molar-refractivity contribution >= 4 is 29.3 Å². The Morgan fingerprint density at radius 3 is 2.33 bits per heavy atom. The third-order valence-corrected chi connectivity index (χ3v) is 3.82. The second-order valence-electron chi connectivity index (χ2n) is 4.52. The lowest BCUT2D eigenvalue weighted by Gasteiger charge is -2.08. The number of benzene rings is 2. The summed E-state index contributed by atoms with van der Waals surface area (Å²) in [7, 11) is 0. The summed E-state index contributed by atoms with van der Waals surface area (Å²) in [5, 5.41) is 11.8. The minimum absolute atomic E-state index is 0.186. The maximum absolute atomic E-state index is 12.1. The van der Waals surface area contributed by atoms with Crippen molar-refractivity contribution < 1.29 is 14.7 Å². The minimum Gasteiger partial charge on any atom is -0.478 e. The molecule has 108 valence electrons. The number of amides is 1. The molecule has 21 heavy (non-hydrogen) atoms. The van der Waals surface area contributed by atoms with Crippen LogP contribution < -0.4 is 5.32 Å². The van der Waals surface area contributed by atoms with Crippen LogP contribution in [0.5, 0.6) is 0 Å². The number of hydrogen-bond acceptors (Lipinski definition) is 3. The number of aromatic carboxylic acids is 1. The maximum atomic E-state index is 12.1. The fraction of sp³-hybridized carbons (Fsp3) is 0.125. The molecule has 5 heteroatoms. The van der Waals surface area contributed by atoms with Crippen LogP contribution in [0.2, 0.25) is 0 Å². The van der Waals surface area contributed by atoms with Gasteiger partial charge in [-0.15, -0.1) is 11.8 Å². The summed E-state index contributed by atoms with van der Waals surface area (Å²) < 4.78 is 0. The van der Waals surface area contributed by atoms with Crippen LogP contribution in [0, 0.1) is 6.92 Å². The Bertz CT molecular complexity index is 680. The fourth-order valence-corrected chi connectivity index (χ4v) is 2.28. The predicted octanol–water partition coefficient (Wildman–Crippen LogP) is 3.67. The summed E-state index contributed by atoms with van der Waals surface area (Å²) >= 11 is 1.60. The van der Waals surface area contributed by atoms with Gasteiger partial charge in [-0.1, -0.05) is 6.07 Å². The predicted molar refractivity (Wildman–Crippen MR) is 84.3 cm³/mol. The van der Waals surface area contributed by atoms with Crippen molar-refractivity contribution in [2.45, 2.75) is 11.8 Å². The van der Waals surface area contributed by atoms with Crippen LogP contribution in [-0.2, 0) is 0 Å². The normalized spacial score (nSPS) is 10.2. The van der Waals surface area contributed by atoms with E-state index in [9.17, 15) is 9.59 Å². The molecule has 0 aliphatic heterocycles. The number of rotatable bonds is 4. The van der Waals surface area contributed by atoms with Gasteiger partial charge in [0.1, 0.15) is 0 Å².